The Balaban J connectivity index is 0.00000320. The molecule has 1 aliphatic heterocycles. The van der Waals surface area contributed by atoms with Crippen molar-refractivity contribution < 1.29 is 14.6 Å². The maximum atomic E-state index is 10.1. The molecule has 2 unspecified atom stereocenters. The van der Waals surface area contributed by atoms with Gasteiger partial charge in [0.2, 0.25) is 0 Å². The van der Waals surface area contributed by atoms with Gasteiger partial charge in [-0.15, -0.1) is 24.0 Å². The lowest BCUT2D eigenvalue weighted by atomic mass is 9.89. The molecule has 164 valence electrons. The third kappa shape index (κ3) is 6.50. The van der Waals surface area contributed by atoms with Gasteiger partial charge in [0.15, 0.2) is 5.96 Å². The number of methoxy groups -OCH3 is 1. The molecule has 1 aliphatic rings. The highest BCUT2D eigenvalue weighted by atomic mass is 127. The summed E-state index contributed by atoms with van der Waals surface area (Å²) in [5.74, 6) is 2.01. The maximum Gasteiger partial charge on any atom is 0.191 e. The second-order valence-corrected chi connectivity index (χ2v) is 7.41. The van der Waals surface area contributed by atoms with E-state index in [9.17, 15) is 5.11 Å². The Morgan fingerprint density at radius 1 is 1.20 bits per heavy atom. The fraction of sp³-hybridized carbons (Fsp3) is 0.435. The first kappa shape index (κ1) is 24.3. The SMILES string of the molecule is CN=C(NCc1cc(OC)ccc1O)NCC1CCCOC1c1ccc(C)cc1.I. The minimum atomic E-state index is 0. The molecule has 2 aromatic carbocycles. The summed E-state index contributed by atoms with van der Waals surface area (Å²) in [6.07, 6.45) is 2.27. The molecular weight excluding hydrogens is 493 g/mol. The van der Waals surface area contributed by atoms with Crippen LogP contribution in [0.2, 0.25) is 0 Å². The molecule has 0 radical (unpaired) electrons. The molecule has 1 heterocycles. The lowest BCUT2D eigenvalue weighted by Gasteiger charge is -2.32. The number of halogens is 1. The Kier molecular flexibility index (Phi) is 9.71. The molecule has 0 saturated carbocycles. The van der Waals surface area contributed by atoms with E-state index in [1.54, 1.807) is 26.3 Å². The molecule has 1 fully saturated rings. The number of hydrogen-bond acceptors (Lipinski definition) is 4. The first-order valence-corrected chi connectivity index (χ1v) is 10.1. The molecule has 0 bridgehead atoms. The number of aromatic hydroxyl groups is 1. The Labute approximate surface area is 196 Å². The Bertz CT molecular complexity index is 827. The minimum Gasteiger partial charge on any atom is -0.508 e. The van der Waals surface area contributed by atoms with Crippen molar-refractivity contribution in [2.24, 2.45) is 10.9 Å². The number of rotatable bonds is 6. The smallest absolute Gasteiger partial charge is 0.191 e. The van der Waals surface area contributed by atoms with Crippen LogP contribution < -0.4 is 15.4 Å². The van der Waals surface area contributed by atoms with Crippen molar-refractivity contribution in [3.8, 4) is 11.5 Å². The fourth-order valence-corrected chi connectivity index (χ4v) is 3.63. The van der Waals surface area contributed by atoms with Crippen LogP contribution in [-0.2, 0) is 11.3 Å². The van der Waals surface area contributed by atoms with E-state index < -0.39 is 0 Å². The highest BCUT2D eigenvalue weighted by Gasteiger charge is 2.27. The van der Waals surface area contributed by atoms with Crippen molar-refractivity contribution >= 4 is 29.9 Å². The van der Waals surface area contributed by atoms with Crippen molar-refractivity contribution in [1.82, 2.24) is 10.6 Å². The molecule has 2 aromatic rings. The molecule has 2 atom stereocenters. The summed E-state index contributed by atoms with van der Waals surface area (Å²) < 4.78 is 11.3. The third-order valence-corrected chi connectivity index (χ3v) is 5.34. The van der Waals surface area contributed by atoms with Gasteiger partial charge in [0, 0.05) is 38.2 Å². The van der Waals surface area contributed by atoms with Crippen LogP contribution in [0.5, 0.6) is 11.5 Å². The van der Waals surface area contributed by atoms with E-state index in [0.717, 1.165) is 31.6 Å². The van der Waals surface area contributed by atoms with Gasteiger partial charge in [-0.3, -0.25) is 4.99 Å². The molecule has 3 rings (SSSR count). The van der Waals surface area contributed by atoms with Gasteiger partial charge in [-0.1, -0.05) is 29.8 Å². The van der Waals surface area contributed by atoms with Crippen LogP contribution in [0.4, 0.5) is 0 Å². The highest BCUT2D eigenvalue weighted by molar-refractivity contribution is 14.0. The van der Waals surface area contributed by atoms with Gasteiger partial charge in [-0.05, 0) is 43.5 Å². The summed E-state index contributed by atoms with van der Waals surface area (Å²) in [7, 11) is 3.36. The van der Waals surface area contributed by atoms with Gasteiger partial charge < -0.3 is 25.2 Å². The Morgan fingerprint density at radius 3 is 2.67 bits per heavy atom. The van der Waals surface area contributed by atoms with Crippen molar-refractivity contribution in [3.05, 3.63) is 59.2 Å². The predicted octanol–water partition coefficient (Wildman–Crippen LogP) is 4.16. The van der Waals surface area contributed by atoms with Crippen LogP contribution in [-0.4, -0.2) is 38.4 Å². The number of benzene rings is 2. The molecule has 6 nitrogen and oxygen atoms in total. The minimum absolute atomic E-state index is 0. The normalized spacial score (nSPS) is 19.0. The zero-order valence-electron chi connectivity index (χ0n) is 17.9. The van der Waals surface area contributed by atoms with Gasteiger partial charge in [0.1, 0.15) is 11.5 Å². The third-order valence-electron chi connectivity index (χ3n) is 5.34. The number of guanidine groups is 1. The monoisotopic (exact) mass is 525 g/mol. The van der Waals surface area contributed by atoms with Crippen LogP contribution >= 0.6 is 24.0 Å². The van der Waals surface area contributed by atoms with Crippen LogP contribution in [0.25, 0.3) is 0 Å². The van der Waals surface area contributed by atoms with E-state index >= 15 is 0 Å². The molecule has 1 saturated heterocycles. The molecule has 7 heteroatoms. The summed E-state index contributed by atoms with van der Waals surface area (Å²) >= 11 is 0. The summed E-state index contributed by atoms with van der Waals surface area (Å²) in [5, 5.41) is 16.7. The fourth-order valence-electron chi connectivity index (χ4n) is 3.63. The van der Waals surface area contributed by atoms with Gasteiger partial charge >= 0.3 is 0 Å². The average molecular weight is 525 g/mol. The van der Waals surface area contributed by atoms with Gasteiger partial charge in [-0.2, -0.15) is 0 Å². The molecule has 3 N–H and O–H groups in total. The first-order chi connectivity index (χ1) is 14.1. The van der Waals surface area contributed by atoms with Crippen molar-refractivity contribution in [2.75, 3.05) is 27.3 Å². The number of aryl methyl sites for hydroxylation is 1. The topological polar surface area (TPSA) is 75.1 Å². The number of hydrogen-bond donors (Lipinski definition) is 3. The zero-order chi connectivity index (χ0) is 20.6. The molecule has 30 heavy (non-hydrogen) atoms. The summed E-state index contributed by atoms with van der Waals surface area (Å²) in [6, 6.07) is 13.8. The quantitative estimate of drug-likeness (QED) is 0.300. The number of nitrogens with zero attached hydrogens (tertiary/aromatic N) is 1. The van der Waals surface area contributed by atoms with E-state index in [2.05, 4.69) is 46.8 Å². The molecule has 0 spiro atoms. The molecule has 0 amide bonds. The van der Waals surface area contributed by atoms with E-state index in [4.69, 9.17) is 9.47 Å². The molecule has 0 aliphatic carbocycles. The van der Waals surface area contributed by atoms with Crippen molar-refractivity contribution in [1.29, 1.82) is 0 Å². The highest BCUT2D eigenvalue weighted by Crippen LogP contribution is 2.33. The van der Waals surface area contributed by atoms with E-state index in [0.29, 0.717) is 24.2 Å². The van der Waals surface area contributed by atoms with Crippen molar-refractivity contribution in [3.63, 3.8) is 0 Å². The summed E-state index contributed by atoms with van der Waals surface area (Å²) in [6.45, 7) is 4.12. The number of aliphatic imine (C=N–C) groups is 1. The number of ether oxygens (including phenoxy) is 2. The summed E-state index contributed by atoms with van der Waals surface area (Å²) in [4.78, 5) is 4.31. The van der Waals surface area contributed by atoms with E-state index in [1.165, 1.54) is 11.1 Å². The van der Waals surface area contributed by atoms with Gasteiger partial charge in [0.25, 0.3) is 0 Å². The zero-order valence-corrected chi connectivity index (χ0v) is 20.2. The van der Waals surface area contributed by atoms with Crippen LogP contribution in [0, 0.1) is 12.8 Å². The second-order valence-electron chi connectivity index (χ2n) is 7.41. The lowest BCUT2D eigenvalue weighted by Crippen LogP contribution is -2.41. The Hall–Kier alpha value is -2.00. The second kappa shape index (κ2) is 12.0. The largest absolute Gasteiger partial charge is 0.508 e. The van der Waals surface area contributed by atoms with Gasteiger partial charge in [0.05, 0.1) is 13.2 Å². The molecular formula is C23H32IN3O3. The van der Waals surface area contributed by atoms with E-state index in [1.807, 2.05) is 6.07 Å². The number of phenolic OH excluding ortho intramolecular Hbond substituents is 1. The van der Waals surface area contributed by atoms with Crippen LogP contribution in [0.1, 0.15) is 35.6 Å². The number of nitrogens with one attached hydrogen (secondary N) is 2. The van der Waals surface area contributed by atoms with Crippen LogP contribution in [0.3, 0.4) is 0 Å². The van der Waals surface area contributed by atoms with Crippen molar-refractivity contribution in [2.45, 2.75) is 32.4 Å². The van der Waals surface area contributed by atoms with Crippen LogP contribution in [0.15, 0.2) is 47.5 Å². The molecule has 0 aromatic heterocycles. The average Bonchev–Trinajstić information content (AvgIpc) is 2.76. The lowest BCUT2D eigenvalue weighted by molar-refractivity contribution is -0.0265. The van der Waals surface area contributed by atoms with Gasteiger partial charge in [-0.25, -0.2) is 0 Å². The first-order valence-electron chi connectivity index (χ1n) is 10.1. The van der Waals surface area contributed by atoms with E-state index in [-0.39, 0.29) is 35.8 Å². The summed E-state index contributed by atoms with van der Waals surface area (Å²) in [5.41, 5.74) is 3.24. The number of phenols is 1. The Morgan fingerprint density at radius 2 is 1.97 bits per heavy atom. The maximum absolute atomic E-state index is 10.1. The predicted molar refractivity (Wildman–Crippen MR) is 131 cm³/mol. The standard InChI is InChI=1S/C23H31N3O3.HI/c1-16-6-8-17(9-7-16)22-18(5-4-12-29-22)14-25-23(24-2)26-15-19-13-20(28-3)10-11-21(19)27;/h6-11,13,18,22,27H,4-5,12,14-15H2,1-3H3,(H2,24,25,26);1H.